The highest BCUT2D eigenvalue weighted by atomic mass is 19.1. The fourth-order valence-corrected chi connectivity index (χ4v) is 2.60. The van der Waals surface area contributed by atoms with Crippen LogP contribution in [0.3, 0.4) is 0 Å². The molecule has 1 aromatic carbocycles. The molecule has 104 valence electrons. The molecule has 1 aromatic rings. The van der Waals surface area contributed by atoms with Crippen LogP contribution in [0.25, 0.3) is 0 Å². The fourth-order valence-electron chi connectivity index (χ4n) is 2.60. The minimum absolute atomic E-state index is 0.176. The number of nitro benzene ring substituents is 1. The van der Waals surface area contributed by atoms with Crippen LogP contribution in [-0.4, -0.2) is 24.1 Å². The van der Waals surface area contributed by atoms with Crippen LogP contribution >= 0.6 is 0 Å². The number of nitro groups is 1. The molecule has 1 aliphatic heterocycles. The van der Waals surface area contributed by atoms with E-state index < -0.39 is 10.7 Å². The fraction of sp³-hybridized carbons (Fsp3) is 0.538. The summed E-state index contributed by atoms with van der Waals surface area (Å²) < 4.78 is 13.2. The molecule has 0 amide bonds. The Hall–Kier alpha value is -1.69. The van der Waals surface area contributed by atoms with Crippen LogP contribution in [0.15, 0.2) is 18.2 Å². The maximum Gasteiger partial charge on any atom is 0.295 e. The van der Waals surface area contributed by atoms with Gasteiger partial charge in [0.05, 0.1) is 11.0 Å². The van der Waals surface area contributed by atoms with Crippen LogP contribution in [0, 0.1) is 21.8 Å². The molecule has 1 heterocycles. The lowest BCUT2D eigenvalue weighted by Gasteiger charge is -2.39. The molecular formula is C13H18FN3O2. The summed E-state index contributed by atoms with van der Waals surface area (Å²) in [6, 6.07) is 3.94. The van der Waals surface area contributed by atoms with Gasteiger partial charge in [-0.25, -0.2) is 4.39 Å². The second-order valence-electron chi connectivity index (χ2n) is 5.07. The molecule has 1 saturated heterocycles. The standard InChI is InChI=1S/C13H18FN3O2/c1-9-2-3-10(7-15)8-16(9)12-5-4-11(14)6-13(12)17(18)19/h4-6,9-10H,2-3,7-8,15H2,1H3. The Balaban J connectivity index is 2.36. The van der Waals surface area contributed by atoms with Gasteiger partial charge < -0.3 is 10.6 Å². The molecule has 19 heavy (non-hydrogen) atoms. The van der Waals surface area contributed by atoms with Crippen molar-refractivity contribution in [3.8, 4) is 0 Å². The monoisotopic (exact) mass is 267 g/mol. The minimum atomic E-state index is -0.588. The van der Waals surface area contributed by atoms with E-state index in [0.29, 0.717) is 24.7 Å². The molecule has 0 aromatic heterocycles. The summed E-state index contributed by atoms with van der Waals surface area (Å²) in [4.78, 5) is 12.5. The smallest absolute Gasteiger partial charge is 0.295 e. The molecule has 2 N–H and O–H groups in total. The minimum Gasteiger partial charge on any atom is -0.363 e. The van der Waals surface area contributed by atoms with E-state index in [1.165, 1.54) is 12.1 Å². The summed E-state index contributed by atoms with van der Waals surface area (Å²) in [6.45, 7) is 3.28. The lowest BCUT2D eigenvalue weighted by atomic mass is 9.93. The van der Waals surface area contributed by atoms with Crippen LogP contribution < -0.4 is 10.6 Å². The molecule has 6 heteroatoms. The third-order valence-electron chi connectivity index (χ3n) is 3.76. The molecule has 0 radical (unpaired) electrons. The van der Waals surface area contributed by atoms with Crippen LogP contribution in [0.5, 0.6) is 0 Å². The van der Waals surface area contributed by atoms with Gasteiger partial charge in [-0.05, 0) is 44.4 Å². The number of piperidine rings is 1. The third-order valence-corrected chi connectivity index (χ3v) is 3.76. The van der Waals surface area contributed by atoms with E-state index in [1.54, 1.807) is 0 Å². The SMILES string of the molecule is CC1CCC(CN)CN1c1ccc(F)cc1[N+](=O)[O-]. The lowest BCUT2D eigenvalue weighted by Crippen LogP contribution is -2.44. The highest BCUT2D eigenvalue weighted by Gasteiger charge is 2.29. The van der Waals surface area contributed by atoms with E-state index in [0.717, 1.165) is 18.9 Å². The van der Waals surface area contributed by atoms with E-state index in [9.17, 15) is 14.5 Å². The van der Waals surface area contributed by atoms with Crippen molar-refractivity contribution in [3.05, 3.63) is 34.1 Å². The van der Waals surface area contributed by atoms with Gasteiger partial charge in [0.15, 0.2) is 0 Å². The summed E-state index contributed by atoms with van der Waals surface area (Å²) in [7, 11) is 0. The normalized spacial score (nSPS) is 23.4. The average molecular weight is 267 g/mol. The van der Waals surface area contributed by atoms with Gasteiger partial charge in [0.1, 0.15) is 11.5 Å². The van der Waals surface area contributed by atoms with Crippen LogP contribution in [-0.2, 0) is 0 Å². The highest BCUT2D eigenvalue weighted by molar-refractivity contribution is 5.64. The molecule has 2 atom stereocenters. The molecule has 0 bridgehead atoms. The highest BCUT2D eigenvalue weighted by Crippen LogP contribution is 2.34. The predicted molar refractivity (Wildman–Crippen MR) is 71.6 cm³/mol. The summed E-state index contributed by atoms with van der Waals surface area (Å²) in [5, 5.41) is 11.1. The zero-order valence-corrected chi connectivity index (χ0v) is 10.9. The van der Waals surface area contributed by atoms with E-state index in [2.05, 4.69) is 0 Å². The summed E-state index contributed by atoms with van der Waals surface area (Å²) in [5.74, 6) is -0.253. The Bertz CT molecular complexity index is 481. The summed E-state index contributed by atoms with van der Waals surface area (Å²) >= 11 is 0. The maximum atomic E-state index is 13.2. The van der Waals surface area contributed by atoms with E-state index in [-0.39, 0.29) is 11.7 Å². The van der Waals surface area contributed by atoms with Crippen LogP contribution in [0.2, 0.25) is 0 Å². The Morgan fingerprint density at radius 2 is 2.26 bits per heavy atom. The lowest BCUT2D eigenvalue weighted by molar-refractivity contribution is -0.384. The van der Waals surface area contributed by atoms with Gasteiger partial charge >= 0.3 is 0 Å². The first-order valence-corrected chi connectivity index (χ1v) is 6.43. The summed E-state index contributed by atoms with van der Waals surface area (Å²) in [5.41, 5.74) is 6.00. The molecule has 2 rings (SSSR count). The Kier molecular flexibility index (Phi) is 3.99. The second kappa shape index (κ2) is 5.52. The maximum absolute atomic E-state index is 13.2. The van der Waals surface area contributed by atoms with Crippen molar-refractivity contribution in [2.75, 3.05) is 18.0 Å². The van der Waals surface area contributed by atoms with Gasteiger partial charge in [-0.1, -0.05) is 0 Å². The van der Waals surface area contributed by atoms with Crippen molar-refractivity contribution in [3.63, 3.8) is 0 Å². The number of halogens is 1. The molecule has 0 aliphatic carbocycles. The third kappa shape index (κ3) is 2.84. The van der Waals surface area contributed by atoms with Crippen molar-refractivity contribution in [2.45, 2.75) is 25.8 Å². The zero-order chi connectivity index (χ0) is 14.0. The zero-order valence-electron chi connectivity index (χ0n) is 10.9. The van der Waals surface area contributed by atoms with Crippen molar-refractivity contribution < 1.29 is 9.31 Å². The molecule has 0 spiro atoms. The molecule has 1 aliphatic rings. The van der Waals surface area contributed by atoms with Gasteiger partial charge in [0, 0.05) is 12.6 Å². The quantitative estimate of drug-likeness (QED) is 0.673. The predicted octanol–water partition coefficient (Wildman–Crippen LogP) is 2.30. The van der Waals surface area contributed by atoms with Gasteiger partial charge in [0.25, 0.3) is 5.69 Å². The van der Waals surface area contributed by atoms with Crippen molar-refractivity contribution >= 4 is 11.4 Å². The van der Waals surface area contributed by atoms with Crippen LogP contribution in [0.4, 0.5) is 15.8 Å². The van der Waals surface area contributed by atoms with E-state index >= 15 is 0 Å². The topological polar surface area (TPSA) is 72.4 Å². The molecule has 0 saturated carbocycles. The van der Waals surface area contributed by atoms with E-state index in [1.807, 2.05) is 11.8 Å². The molecule has 5 nitrogen and oxygen atoms in total. The Morgan fingerprint density at radius 1 is 1.53 bits per heavy atom. The number of nitrogens with zero attached hydrogens (tertiary/aromatic N) is 2. The average Bonchev–Trinajstić information content (AvgIpc) is 2.39. The first kappa shape index (κ1) is 13.7. The number of hydrogen-bond acceptors (Lipinski definition) is 4. The van der Waals surface area contributed by atoms with Crippen LogP contribution in [0.1, 0.15) is 19.8 Å². The largest absolute Gasteiger partial charge is 0.363 e. The molecule has 2 unspecified atom stereocenters. The van der Waals surface area contributed by atoms with Gasteiger partial charge in [-0.3, -0.25) is 10.1 Å². The summed E-state index contributed by atoms with van der Waals surface area (Å²) in [6.07, 6.45) is 1.97. The Morgan fingerprint density at radius 3 is 2.89 bits per heavy atom. The number of anilines is 1. The van der Waals surface area contributed by atoms with Gasteiger partial charge in [0.2, 0.25) is 0 Å². The number of nitrogens with two attached hydrogens (primary N) is 1. The van der Waals surface area contributed by atoms with Crippen molar-refractivity contribution in [1.82, 2.24) is 0 Å². The van der Waals surface area contributed by atoms with Crippen molar-refractivity contribution in [1.29, 1.82) is 0 Å². The number of hydrogen-bond donors (Lipinski definition) is 1. The second-order valence-corrected chi connectivity index (χ2v) is 5.07. The first-order chi connectivity index (χ1) is 9.02. The molecular weight excluding hydrogens is 249 g/mol. The Labute approximate surface area is 111 Å². The van der Waals surface area contributed by atoms with E-state index in [4.69, 9.17) is 5.73 Å². The number of benzene rings is 1. The number of rotatable bonds is 3. The van der Waals surface area contributed by atoms with Crippen molar-refractivity contribution in [2.24, 2.45) is 11.7 Å². The van der Waals surface area contributed by atoms with Gasteiger partial charge in [-0.2, -0.15) is 0 Å². The molecule has 1 fully saturated rings. The van der Waals surface area contributed by atoms with Gasteiger partial charge in [-0.15, -0.1) is 0 Å². The first-order valence-electron chi connectivity index (χ1n) is 6.43.